The molecule has 33 heavy (non-hydrogen) atoms. The van der Waals surface area contributed by atoms with Crippen LogP contribution in [-0.2, 0) is 28.6 Å². The normalized spacial score (nSPS) is 45.7. The summed E-state index contributed by atoms with van der Waals surface area (Å²) in [7, 11) is 0. The predicted molar refractivity (Wildman–Crippen MR) is 118 cm³/mol. The Labute approximate surface area is 194 Å². The van der Waals surface area contributed by atoms with Crippen LogP contribution in [0.5, 0.6) is 0 Å². The monoisotopic (exact) mass is 458 g/mol. The van der Waals surface area contributed by atoms with Crippen LogP contribution in [0.25, 0.3) is 0 Å². The molecule has 1 N–H and O–H groups in total. The molecule has 7 heteroatoms. The van der Waals surface area contributed by atoms with Gasteiger partial charge in [-0.05, 0) is 49.7 Å². The summed E-state index contributed by atoms with van der Waals surface area (Å²) in [5.74, 6) is -0.767. The van der Waals surface area contributed by atoms with Crippen molar-refractivity contribution in [2.45, 2.75) is 71.2 Å². The average molecular weight is 459 g/mol. The molecule has 7 nitrogen and oxygen atoms in total. The molecular weight excluding hydrogens is 424 g/mol. The third-order valence-electron chi connectivity index (χ3n) is 9.44. The van der Waals surface area contributed by atoms with Crippen LogP contribution in [0.4, 0.5) is 0 Å². The number of rotatable bonds is 4. The quantitative estimate of drug-likeness (QED) is 0.647. The van der Waals surface area contributed by atoms with Crippen LogP contribution in [0.3, 0.4) is 0 Å². The van der Waals surface area contributed by atoms with Gasteiger partial charge in [-0.3, -0.25) is 14.4 Å². The Morgan fingerprint density at radius 3 is 2.79 bits per heavy atom. The molecule has 0 aromatic carbocycles. The Morgan fingerprint density at radius 1 is 1.30 bits per heavy atom. The van der Waals surface area contributed by atoms with Crippen molar-refractivity contribution in [3.63, 3.8) is 0 Å². The van der Waals surface area contributed by atoms with Crippen LogP contribution in [0.1, 0.15) is 53.4 Å². The second kappa shape index (κ2) is 7.59. The molecule has 0 amide bonds. The molecule has 0 aromatic heterocycles. The number of hydrogen-bond donors (Lipinski definition) is 1. The van der Waals surface area contributed by atoms with Gasteiger partial charge in [0.2, 0.25) is 5.78 Å². The number of allylic oxidation sites excluding steroid dienone is 4. The van der Waals surface area contributed by atoms with Gasteiger partial charge in [-0.25, -0.2) is 0 Å². The number of hydrogen-bond acceptors (Lipinski definition) is 7. The highest BCUT2D eigenvalue weighted by atomic mass is 16.7. The summed E-state index contributed by atoms with van der Waals surface area (Å²) in [4.78, 5) is 37.6. The van der Waals surface area contributed by atoms with Gasteiger partial charge in [-0.1, -0.05) is 39.3 Å². The van der Waals surface area contributed by atoms with E-state index < -0.39 is 29.2 Å². The average Bonchev–Trinajstić information content (AvgIpc) is 3.28. The van der Waals surface area contributed by atoms with Crippen LogP contribution >= 0.6 is 0 Å². The topological polar surface area (TPSA) is 99.1 Å². The van der Waals surface area contributed by atoms with E-state index in [-0.39, 0.29) is 54.1 Å². The van der Waals surface area contributed by atoms with E-state index >= 15 is 0 Å². The second-order valence-electron chi connectivity index (χ2n) is 11.3. The van der Waals surface area contributed by atoms with E-state index in [2.05, 4.69) is 6.92 Å². The van der Waals surface area contributed by atoms with E-state index in [1.807, 2.05) is 13.0 Å². The van der Waals surface area contributed by atoms with Gasteiger partial charge in [-0.2, -0.15) is 0 Å². The first-order valence-corrected chi connectivity index (χ1v) is 12.1. The predicted octanol–water partition coefficient (Wildman–Crippen LogP) is 2.76. The number of esters is 1. The number of ether oxygens (including phenoxy) is 3. The Kier molecular flexibility index (Phi) is 5.27. The summed E-state index contributed by atoms with van der Waals surface area (Å²) in [6.45, 7) is 7.30. The standard InChI is InChI=1S/C26H34O7/c1-14(2)23(30)31-12-20(29)26-21(32-13-33-26)10-18-17-6-5-15-9-16(27)7-8-24(15,3)22(17)19(28)11-25(18,26)4/h7-9,14,17-19,21-22,28H,5-6,10-13H2,1-4H3/t17-,18-,19-,21+,22+,24-,25-,26+/m0/s1. The third-order valence-corrected chi connectivity index (χ3v) is 9.44. The second-order valence-corrected chi connectivity index (χ2v) is 11.3. The number of aliphatic hydroxyl groups is 1. The zero-order valence-corrected chi connectivity index (χ0v) is 19.8. The van der Waals surface area contributed by atoms with E-state index in [1.165, 1.54) is 0 Å². The van der Waals surface area contributed by atoms with Crippen molar-refractivity contribution in [1.82, 2.24) is 0 Å². The zero-order chi connectivity index (χ0) is 23.8. The van der Waals surface area contributed by atoms with Crippen LogP contribution < -0.4 is 0 Å². The van der Waals surface area contributed by atoms with Crippen LogP contribution in [0.2, 0.25) is 0 Å². The molecule has 5 aliphatic rings. The lowest BCUT2D eigenvalue weighted by Crippen LogP contribution is -2.63. The molecule has 5 rings (SSSR count). The summed E-state index contributed by atoms with van der Waals surface area (Å²) in [6, 6.07) is 0. The van der Waals surface area contributed by atoms with E-state index in [0.717, 1.165) is 18.4 Å². The number of carbonyl (C=O) groups excluding carboxylic acids is 3. The van der Waals surface area contributed by atoms with Gasteiger partial charge >= 0.3 is 5.97 Å². The van der Waals surface area contributed by atoms with Gasteiger partial charge < -0.3 is 19.3 Å². The number of fused-ring (bicyclic) bond motifs is 7. The van der Waals surface area contributed by atoms with Crippen LogP contribution in [-0.4, -0.2) is 53.9 Å². The zero-order valence-electron chi connectivity index (χ0n) is 19.8. The Bertz CT molecular complexity index is 950. The van der Waals surface area contributed by atoms with Crippen molar-refractivity contribution >= 4 is 17.5 Å². The Balaban J connectivity index is 1.48. The van der Waals surface area contributed by atoms with Crippen molar-refractivity contribution in [3.8, 4) is 0 Å². The smallest absolute Gasteiger partial charge is 0.308 e. The molecule has 8 atom stereocenters. The van der Waals surface area contributed by atoms with E-state index in [4.69, 9.17) is 14.2 Å². The SMILES string of the molecule is CC(C)C(=O)OCC(=O)[C@@]12OCO[C@@H]1C[C@H]1[C@@H]3CCC4=CC(=O)C=C[C@]4(C)[C@H]3[C@@H](O)C[C@@]12C. The molecule has 1 aliphatic heterocycles. The minimum absolute atomic E-state index is 0.00811. The van der Waals surface area contributed by atoms with Crippen molar-refractivity contribution < 1.29 is 33.7 Å². The Morgan fingerprint density at radius 2 is 2.06 bits per heavy atom. The maximum atomic E-state index is 13.6. The number of aliphatic hydroxyl groups excluding tert-OH is 1. The summed E-state index contributed by atoms with van der Waals surface area (Å²) < 4.78 is 17.4. The van der Waals surface area contributed by atoms with Crippen LogP contribution in [0.15, 0.2) is 23.8 Å². The van der Waals surface area contributed by atoms with Crippen molar-refractivity contribution in [1.29, 1.82) is 0 Å². The summed E-state index contributed by atoms with van der Waals surface area (Å²) >= 11 is 0. The third kappa shape index (κ3) is 3.01. The highest BCUT2D eigenvalue weighted by Gasteiger charge is 2.74. The summed E-state index contributed by atoms with van der Waals surface area (Å²) in [5.41, 5.74) is -1.14. The lowest BCUT2D eigenvalue weighted by molar-refractivity contribution is -0.187. The van der Waals surface area contributed by atoms with Gasteiger partial charge in [0.05, 0.1) is 18.1 Å². The first kappa shape index (κ1) is 22.9. The minimum atomic E-state index is -1.23. The highest BCUT2D eigenvalue weighted by molar-refractivity contribution is 6.01. The summed E-state index contributed by atoms with van der Waals surface area (Å²) in [6.07, 6.45) is 6.97. The van der Waals surface area contributed by atoms with Crippen molar-refractivity contribution in [2.24, 2.45) is 34.5 Å². The van der Waals surface area contributed by atoms with Gasteiger partial charge in [0, 0.05) is 16.7 Å². The lowest BCUT2D eigenvalue weighted by atomic mass is 9.46. The number of Topliss-reactive ketones (excluding diaryl/α,β-unsaturated/α-hetero) is 1. The van der Waals surface area contributed by atoms with Gasteiger partial charge in [0.1, 0.15) is 6.79 Å². The Hall–Kier alpha value is -1.83. The van der Waals surface area contributed by atoms with Crippen molar-refractivity contribution in [2.75, 3.05) is 13.4 Å². The van der Waals surface area contributed by atoms with E-state index in [1.54, 1.807) is 26.0 Å². The molecular formula is C26H34O7. The molecule has 0 spiro atoms. The maximum absolute atomic E-state index is 13.6. The van der Waals surface area contributed by atoms with E-state index in [9.17, 15) is 19.5 Å². The van der Waals surface area contributed by atoms with E-state index in [0.29, 0.717) is 12.8 Å². The fourth-order valence-electron chi connectivity index (χ4n) is 7.94. The molecule has 3 saturated carbocycles. The van der Waals surface area contributed by atoms with Gasteiger partial charge in [0.25, 0.3) is 0 Å². The molecule has 0 unspecified atom stereocenters. The largest absolute Gasteiger partial charge is 0.457 e. The lowest BCUT2D eigenvalue weighted by Gasteiger charge is -2.59. The van der Waals surface area contributed by atoms with Gasteiger partial charge in [0.15, 0.2) is 18.0 Å². The van der Waals surface area contributed by atoms with Gasteiger partial charge in [-0.15, -0.1) is 0 Å². The first-order valence-electron chi connectivity index (χ1n) is 12.1. The number of ketones is 2. The maximum Gasteiger partial charge on any atom is 0.308 e. The molecule has 0 bridgehead atoms. The summed E-state index contributed by atoms with van der Waals surface area (Å²) in [5, 5.41) is 11.6. The molecule has 4 aliphatic carbocycles. The molecule has 180 valence electrons. The first-order chi connectivity index (χ1) is 15.5. The molecule has 1 saturated heterocycles. The highest BCUT2D eigenvalue weighted by Crippen LogP contribution is 2.69. The number of carbonyl (C=O) groups is 3. The van der Waals surface area contributed by atoms with Crippen molar-refractivity contribution in [3.05, 3.63) is 23.8 Å². The molecule has 0 aromatic rings. The molecule has 0 radical (unpaired) electrons. The fourth-order valence-corrected chi connectivity index (χ4v) is 7.94. The molecule has 4 fully saturated rings. The fraction of sp³-hybridized carbons (Fsp3) is 0.731. The van der Waals surface area contributed by atoms with Crippen LogP contribution in [0, 0.1) is 34.5 Å². The minimum Gasteiger partial charge on any atom is -0.457 e. The molecule has 1 heterocycles.